The van der Waals surface area contributed by atoms with Crippen molar-refractivity contribution in [2.75, 3.05) is 6.61 Å². The summed E-state index contributed by atoms with van der Waals surface area (Å²) in [6.45, 7) is 2.16. The van der Waals surface area contributed by atoms with E-state index in [0.29, 0.717) is 17.9 Å². The average Bonchev–Trinajstić information content (AvgIpc) is 3.37. The van der Waals surface area contributed by atoms with Crippen LogP contribution in [0.25, 0.3) is 0 Å². The molecule has 0 aliphatic carbocycles. The predicted molar refractivity (Wildman–Crippen MR) is 96.7 cm³/mol. The second kappa shape index (κ2) is 9.00. The summed E-state index contributed by atoms with van der Waals surface area (Å²) in [5, 5.41) is 1.91. The molecule has 0 bridgehead atoms. The number of nitrogens with zero attached hydrogens (tertiary/aromatic N) is 1. The van der Waals surface area contributed by atoms with Gasteiger partial charge in [-0.15, -0.1) is 11.3 Å². The molecule has 0 saturated heterocycles. The lowest BCUT2D eigenvalue weighted by molar-refractivity contribution is 0.0422. The minimum Gasteiger partial charge on any atom is -0.487 e. The van der Waals surface area contributed by atoms with E-state index in [1.807, 2.05) is 5.38 Å². The van der Waals surface area contributed by atoms with Crippen molar-refractivity contribution in [3.8, 4) is 5.75 Å². The molecule has 1 aromatic carbocycles. The summed E-state index contributed by atoms with van der Waals surface area (Å²) in [6.07, 6.45) is 1.35. The van der Waals surface area contributed by atoms with Crippen LogP contribution in [0.2, 0.25) is 0 Å². The summed E-state index contributed by atoms with van der Waals surface area (Å²) in [5.41, 5.74) is 3.19. The van der Waals surface area contributed by atoms with E-state index in [4.69, 9.17) is 18.6 Å². The van der Waals surface area contributed by atoms with Crippen LogP contribution in [0.15, 0.2) is 51.9 Å². The molecule has 8 heteroatoms. The molecule has 0 spiro atoms. The Hall–Kier alpha value is -3.13. The Balaban J connectivity index is 1.54. The van der Waals surface area contributed by atoms with Gasteiger partial charge in [0, 0.05) is 5.38 Å². The SMILES string of the molecule is CCOC(=O)c1ccoc1COC(=O)c1ccc(OCc2cscn2)cc1. The van der Waals surface area contributed by atoms with Crippen molar-refractivity contribution in [1.29, 1.82) is 0 Å². The minimum absolute atomic E-state index is 0.165. The van der Waals surface area contributed by atoms with Crippen LogP contribution in [-0.4, -0.2) is 23.5 Å². The largest absolute Gasteiger partial charge is 0.487 e. The lowest BCUT2D eigenvalue weighted by Crippen LogP contribution is -2.09. The first-order valence-electron chi connectivity index (χ1n) is 8.18. The Bertz CT molecular complexity index is 885. The fraction of sp³-hybridized carbons (Fsp3) is 0.211. The maximum absolute atomic E-state index is 12.2. The summed E-state index contributed by atoms with van der Waals surface area (Å²) >= 11 is 1.50. The molecule has 2 aromatic heterocycles. The smallest absolute Gasteiger partial charge is 0.341 e. The molecule has 3 rings (SSSR count). The minimum atomic E-state index is -0.535. The van der Waals surface area contributed by atoms with Gasteiger partial charge in [0.1, 0.15) is 17.9 Å². The number of benzene rings is 1. The van der Waals surface area contributed by atoms with E-state index in [2.05, 4.69) is 4.98 Å². The summed E-state index contributed by atoms with van der Waals surface area (Å²) in [7, 11) is 0. The number of carbonyl (C=O) groups excluding carboxylic acids is 2. The van der Waals surface area contributed by atoms with Crippen molar-refractivity contribution in [1.82, 2.24) is 4.98 Å². The van der Waals surface area contributed by atoms with Crippen molar-refractivity contribution in [3.05, 3.63) is 70.1 Å². The normalized spacial score (nSPS) is 10.4. The molecule has 0 radical (unpaired) electrons. The van der Waals surface area contributed by atoms with Crippen LogP contribution in [-0.2, 0) is 22.7 Å². The number of hydrogen-bond donors (Lipinski definition) is 0. The van der Waals surface area contributed by atoms with Gasteiger partial charge >= 0.3 is 11.9 Å². The molecule has 7 nitrogen and oxygen atoms in total. The van der Waals surface area contributed by atoms with Crippen LogP contribution in [0.1, 0.15) is 39.1 Å². The van der Waals surface area contributed by atoms with Crippen molar-refractivity contribution < 1.29 is 28.2 Å². The number of carbonyl (C=O) groups is 2. The maximum atomic E-state index is 12.2. The third-order valence-corrected chi connectivity index (χ3v) is 4.17. The second-order valence-corrected chi connectivity index (χ2v) is 6.07. The van der Waals surface area contributed by atoms with Gasteiger partial charge in [-0.1, -0.05) is 0 Å². The van der Waals surface area contributed by atoms with Gasteiger partial charge in [-0.05, 0) is 37.3 Å². The Labute approximate surface area is 159 Å². The molecule has 0 aliphatic heterocycles. The standard InChI is InChI=1S/C19H17NO6S/c1-2-23-19(22)16-7-8-24-17(16)10-26-18(21)13-3-5-15(6-4-13)25-9-14-11-27-12-20-14/h3-8,11-12H,2,9-10H2,1H3. The first-order valence-corrected chi connectivity index (χ1v) is 9.12. The average molecular weight is 387 g/mol. The first kappa shape index (κ1) is 18.7. The molecular weight excluding hydrogens is 370 g/mol. The molecule has 0 aliphatic rings. The highest BCUT2D eigenvalue weighted by atomic mass is 32.1. The topological polar surface area (TPSA) is 87.9 Å². The molecule has 0 amide bonds. The second-order valence-electron chi connectivity index (χ2n) is 5.35. The fourth-order valence-electron chi connectivity index (χ4n) is 2.21. The maximum Gasteiger partial charge on any atom is 0.341 e. The predicted octanol–water partition coefficient (Wildman–Crippen LogP) is 3.85. The van der Waals surface area contributed by atoms with Crippen LogP contribution in [0.4, 0.5) is 0 Å². The number of esters is 2. The number of aromatic nitrogens is 1. The van der Waals surface area contributed by atoms with Gasteiger partial charge < -0.3 is 18.6 Å². The number of hydrogen-bond acceptors (Lipinski definition) is 8. The van der Waals surface area contributed by atoms with Gasteiger partial charge in [0.05, 0.1) is 29.6 Å². The van der Waals surface area contributed by atoms with Crippen LogP contribution in [0.5, 0.6) is 5.75 Å². The first-order chi connectivity index (χ1) is 13.2. The summed E-state index contributed by atoms with van der Waals surface area (Å²) in [4.78, 5) is 28.1. The number of furan rings is 1. The fourth-order valence-corrected chi connectivity index (χ4v) is 2.75. The molecular formula is C19H17NO6S. The van der Waals surface area contributed by atoms with Crippen molar-refractivity contribution in [2.45, 2.75) is 20.1 Å². The van der Waals surface area contributed by atoms with Gasteiger partial charge in [0.15, 0.2) is 12.4 Å². The molecule has 0 fully saturated rings. The molecule has 0 atom stereocenters. The molecule has 3 aromatic rings. The molecule has 0 N–H and O–H groups in total. The van der Waals surface area contributed by atoms with E-state index in [0.717, 1.165) is 5.69 Å². The highest BCUT2D eigenvalue weighted by Crippen LogP contribution is 2.17. The van der Waals surface area contributed by atoms with Crippen LogP contribution >= 0.6 is 11.3 Å². The highest BCUT2D eigenvalue weighted by molar-refractivity contribution is 7.07. The Kier molecular flexibility index (Phi) is 6.22. The molecule has 0 saturated carbocycles. The Morgan fingerprint density at radius 2 is 1.89 bits per heavy atom. The summed E-state index contributed by atoms with van der Waals surface area (Å²) < 4.78 is 20.9. The van der Waals surface area contributed by atoms with Gasteiger partial charge in [-0.2, -0.15) is 0 Å². The number of rotatable bonds is 8. The summed E-state index contributed by atoms with van der Waals surface area (Å²) in [6, 6.07) is 8.05. The summed E-state index contributed by atoms with van der Waals surface area (Å²) in [5.74, 6) is -0.189. The molecule has 2 heterocycles. The van der Waals surface area contributed by atoms with E-state index in [9.17, 15) is 9.59 Å². The zero-order valence-corrected chi connectivity index (χ0v) is 15.4. The van der Waals surface area contributed by atoms with E-state index in [1.165, 1.54) is 23.7 Å². The van der Waals surface area contributed by atoms with Crippen molar-refractivity contribution in [3.63, 3.8) is 0 Å². The van der Waals surface area contributed by atoms with Crippen molar-refractivity contribution in [2.24, 2.45) is 0 Å². The van der Waals surface area contributed by atoms with Gasteiger partial charge in [-0.3, -0.25) is 0 Å². The van der Waals surface area contributed by atoms with Gasteiger partial charge in [0.2, 0.25) is 0 Å². The van der Waals surface area contributed by atoms with Gasteiger partial charge in [-0.25, -0.2) is 14.6 Å². The quantitative estimate of drug-likeness (QED) is 0.543. The number of ether oxygens (including phenoxy) is 3. The van der Waals surface area contributed by atoms with Crippen LogP contribution in [0.3, 0.4) is 0 Å². The Morgan fingerprint density at radius 3 is 2.59 bits per heavy atom. The van der Waals surface area contributed by atoms with Gasteiger partial charge in [0.25, 0.3) is 0 Å². The zero-order valence-electron chi connectivity index (χ0n) is 14.5. The van der Waals surface area contributed by atoms with E-state index in [1.54, 1.807) is 36.7 Å². The van der Waals surface area contributed by atoms with E-state index >= 15 is 0 Å². The monoisotopic (exact) mass is 387 g/mol. The molecule has 27 heavy (non-hydrogen) atoms. The van der Waals surface area contributed by atoms with Crippen LogP contribution < -0.4 is 4.74 Å². The van der Waals surface area contributed by atoms with E-state index < -0.39 is 11.9 Å². The van der Waals surface area contributed by atoms with Crippen LogP contribution in [0, 0.1) is 0 Å². The van der Waals surface area contributed by atoms with E-state index in [-0.39, 0.29) is 24.5 Å². The third-order valence-electron chi connectivity index (χ3n) is 3.54. The highest BCUT2D eigenvalue weighted by Gasteiger charge is 2.17. The number of thiazole rings is 1. The molecule has 140 valence electrons. The lowest BCUT2D eigenvalue weighted by Gasteiger charge is -2.07. The lowest BCUT2D eigenvalue weighted by atomic mass is 10.2. The van der Waals surface area contributed by atoms with Crippen molar-refractivity contribution >= 4 is 23.3 Å². The Morgan fingerprint density at radius 1 is 1.07 bits per heavy atom. The molecule has 0 unspecified atom stereocenters. The third kappa shape index (κ3) is 4.95. The zero-order chi connectivity index (χ0) is 19.1.